The predicted molar refractivity (Wildman–Crippen MR) is 203 cm³/mol. The smallest absolute Gasteiger partial charge is 0.256 e. The van der Waals surface area contributed by atoms with E-state index < -0.39 is 12.3 Å². The van der Waals surface area contributed by atoms with Gasteiger partial charge in [-0.1, -0.05) is 0 Å². The van der Waals surface area contributed by atoms with Crippen LogP contribution in [0.3, 0.4) is 0 Å². The van der Waals surface area contributed by atoms with Gasteiger partial charge in [-0.15, -0.1) is 0 Å². The molecule has 0 spiro atoms. The first-order valence-electron chi connectivity index (χ1n) is 19.4. The number of hydrogen-bond donors (Lipinski definition) is 0. The van der Waals surface area contributed by atoms with Gasteiger partial charge in [0.2, 0.25) is 0 Å². The van der Waals surface area contributed by atoms with Crippen LogP contribution in [0.25, 0.3) is 0 Å². The Balaban J connectivity index is 0.756. The average Bonchev–Trinajstić information content (AvgIpc) is 3.69. The molecule has 292 valence electrons. The number of halogens is 2. The van der Waals surface area contributed by atoms with Gasteiger partial charge in [0.1, 0.15) is 12.3 Å². The van der Waals surface area contributed by atoms with E-state index in [2.05, 4.69) is 19.8 Å². The summed E-state index contributed by atoms with van der Waals surface area (Å²) in [5, 5.41) is 0. The Morgan fingerprint density at radius 3 is 1.44 bits per heavy atom. The number of hydrogen-bond acceptors (Lipinski definition) is 10. The number of unbranched alkanes of at least 4 members (excludes halogenated alkanes) is 4. The first-order valence-corrected chi connectivity index (χ1v) is 19.4. The number of piperazine rings is 1. The van der Waals surface area contributed by atoms with Crippen molar-refractivity contribution < 1.29 is 37.3 Å². The van der Waals surface area contributed by atoms with Gasteiger partial charge < -0.3 is 38.5 Å². The average molecular weight is 751 g/mol. The molecule has 0 bridgehead atoms. The Hall–Kier alpha value is -4.30. The number of fused-ring (bicyclic) bond motifs is 4. The van der Waals surface area contributed by atoms with E-state index in [0.29, 0.717) is 58.7 Å². The van der Waals surface area contributed by atoms with Crippen molar-refractivity contribution in [2.45, 2.75) is 75.8 Å². The Morgan fingerprint density at radius 2 is 1.04 bits per heavy atom. The molecular formula is C40H52F2N6O6. The van der Waals surface area contributed by atoms with E-state index >= 15 is 0 Å². The van der Waals surface area contributed by atoms with Crippen molar-refractivity contribution in [3.05, 3.63) is 35.4 Å². The molecular weight excluding hydrogens is 698 g/mol. The van der Waals surface area contributed by atoms with Crippen LogP contribution in [0.5, 0.6) is 23.0 Å². The van der Waals surface area contributed by atoms with Gasteiger partial charge in [-0.25, -0.2) is 8.78 Å². The molecule has 2 unspecified atom stereocenters. The minimum Gasteiger partial charge on any atom is -0.493 e. The summed E-state index contributed by atoms with van der Waals surface area (Å²) in [6.07, 6.45) is 7.98. The topological polar surface area (TPSA) is 109 Å². The molecule has 5 heterocycles. The molecule has 2 aromatic carbocycles. The number of alkyl halides is 2. The highest BCUT2D eigenvalue weighted by Gasteiger charge is 2.39. The zero-order chi connectivity index (χ0) is 37.6. The quantitative estimate of drug-likeness (QED) is 0.203. The zero-order valence-electron chi connectivity index (χ0n) is 31.4. The van der Waals surface area contributed by atoms with Gasteiger partial charge in [-0.2, -0.15) is 0 Å². The van der Waals surface area contributed by atoms with Crippen molar-refractivity contribution in [2.75, 3.05) is 79.8 Å². The van der Waals surface area contributed by atoms with Crippen LogP contribution in [0.15, 0.2) is 34.3 Å². The number of nitrogens with zero attached hydrogens (tertiary/aromatic N) is 6. The highest BCUT2D eigenvalue weighted by Crippen LogP contribution is 2.40. The summed E-state index contributed by atoms with van der Waals surface area (Å²) in [5.41, 5.74) is 1.89. The number of rotatable bonds is 16. The normalized spacial score (nSPS) is 23.8. The number of ether oxygens (including phenoxy) is 4. The number of benzene rings is 2. The molecule has 2 aromatic rings. The summed E-state index contributed by atoms with van der Waals surface area (Å²) in [4.78, 5) is 43.4. The fourth-order valence-electron chi connectivity index (χ4n) is 8.05. The van der Waals surface area contributed by atoms with Crippen LogP contribution < -0.4 is 18.9 Å². The Kier molecular flexibility index (Phi) is 12.3. The van der Waals surface area contributed by atoms with E-state index in [1.807, 2.05) is 0 Å². The number of amides is 2. The van der Waals surface area contributed by atoms with E-state index in [4.69, 9.17) is 18.9 Å². The standard InChI is InChI=1S/C40H52F2N6O6/c1-51-35-19-31-33(43-23-29-17-27(41)25-47(29)39(31)49)21-37(35)53-15-7-3-5-9-45-11-13-46(14-12-45)10-6-4-8-16-54-38-22-34-32(20-36(38)52-2)40(50)48-26-28(42)18-30(48)24-44-34/h19-24,27-30H,3-18,25-26H2,1-2H3/t27?,28?,29-,30-/m0/s1. The number of aliphatic imine (C=N–C) groups is 2. The van der Waals surface area contributed by atoms with E-state index in [9.17, 15) is 18.4 Å². The third-order valence-electron chi connectivity index (χ3n) is 11.1. The Morgan fingerprint density at radius 1 is 0.611 bits per heavy atom. The van der Waals surface area contributed by atoms with Gasteiger partial charge in [0, 0.05) is 63.6 Å². The van der Waals surface area contributed by atoms with Crippen molar-refractivity contribution in [1.29, 1.82) is 0 Å². The summed E-state index contributed by atoms with van der Waals surface area (Å²) < 4.78 is 51.1. The van der Waals surface area contributed by atoms with Crippen LogP contribution >= 0.6 is 0 Å². The van der Waals surface area contributed by atoms with E-state index in [-0.39, 0.29) is 49.8 Å². The lowest BCUT2D eigenvalue weighted by Gasteiger charge is -2.34. The van der Waals surface area contributed by atoms with E-state index in [0.717, 1.165) is 77.8 Å². The van der Waals surface area contributed by atoms with Crippen LogP contribution in [0, 0.1) is 0 Å². The van der Waals surface area contributed by atoms with Gasteiger partial charge in [-0.05, 0) is 63.7 Å². The highest BCUT2D eigenvalue weighted by molar-refractivity contribution is 6.04. The summed E-state index contributed by atoms with van der Waals surface area (Å²) >= 11 is 0. The van der Waals surface area contributed by atoms with Crippen LogP contribution in [0.2, 0.25) is 0 Å². The molecule has 4 atom stereocenters. The molecule has 12 nitrogen and oxygen atoms in total. The maximum atomic E-state index is 13.9. The molecule has 5 aliphatic rings. The van der Waals surface area contributed by atoms with Crippen molar-refractivity contribution in [1.82, 2.24) is 19.6 Å². The SMILES string of the molecule is COc1cc2c(cc1OCCCCCN1CCN(CCCCCOc3cc4c(cc3OC)C(=O)N3CC(F)C[C@H]3C=N4)CC1)N=C[C@@H]1CC(F)CN1C2=O. The molecule has 54 heavy (non-hydrogen) atoms. The first kappa shape index (κ1) is 38.0. The fourth-order valence-corrected chi connectivity index (χ4v) is 8.05. The number of carbonyl (C=O) groups is 2. The predicted octanol–water partition coefficient (Wildman–Crippen LogP) is 5.66. The zero-order valence-corrected chi connectivity index (χ0v) is 31.4. The Labute approximate surface area is 316 Å². The van der Waals surface area contributed by atoms with Crippen LogP contribution in [0.1, 0.15) is 72.1 Å². The van der Waals surface area contributed by atoms with Crippen LogP contribution in [-0.4, -0.2) is 148 Å². The lowest BCUT2D eigenvalue weighted by molar-refractivity contribution is 0.0758. The molecule has 0 N–H and O–H groups in total. The minimum absolute atomic E-state index is 0.0903. The summed E-state index contributed by atoms with van der Waals surface area (Å²) in [6.45, 7) is 7.72. The lowest BCUT2D eigenvalue weighted by atomic mass is 10.1. The third-order valence-corrected chi connectivity index (χ3v) is 11.1. The highest BCUT2D eigenvalue weighted by atomic mass is 19.1. The van der Waals surface area contributed by atoms with E-state index in [1.54, 1.807) is 60.7 Å². The molecule has 3 saturated heterocycles. The van der Waals surface area contributed by atoms with Crippen molar-refractivity contribution in [2.24, 2.45) is 9.98 Å². The molecule has 14 heteroatoms. The molecule has 0 saturated carbocycles. The van der Waals surface area contributed by atoms with E-state index in [1.165, 1.54) is 0 Å². The monoisotopic (exact) mass is 750 g/mol. The molecule has 0 radical (unpaired) electrons. The van der Waals surface area contributed by atoms with Gasteiger partial charge in [-0.3, -0.25) is 19.6 Å². The van der Waals surface area contributed by atoms with Crippen LogP contribution in [-0.2, 0) is 0 Å². The molecule has 0 aliphatic carbocycles. The Bertz CT molecular complexity index is 1590. The van der Waals surface area contributed by atoms with Gasteiger partial charge >= 0.3 is 0 Å². The second-order valence-electron chi connectivity index (χ2n) is 14.8. The minimum atomic E-state index is -1.03. The summed E-state index contributed by atoms with van der Waals surface area (Å²) in [7, 11) is 3.11. The molecule has 0 aromatic heterocycles. The molecule has 7 rings (SSSR count). The molecule has 3 fully saturated rings. The molecule has 5 aliphatic heterocycles. The molecule has 2 amide bonds. The second kappa shape index (κ2) is 17.4. The van der Waals surface area contributed by atoms with Gasteiger partial charge in [0.15, 0.2) is 23.0 Å². The summed E-state index contributed by atoms with van der Waals surface area (Å²) in [6, 6.07) is 6.21. The number of methoxy groups -OCH3 is 2. The van der Waals surface area contributed by atoms with Crippen molar-refractivity contribution in [3.63, 3.8) is 0 Å². The second-order valence-corrected chi connectivity index (χ2v) is 14.8. The third kappa shape index (κ3) is 8.64. The fraction of sp³-hybridized carbons (Fsp3) is 0.600. The lowest BCUT2D eigenvalue weighted by Crippen LogP contribution is -2.46. The van der Waals surface area contributed by atoms with Crippen molar-refractivity contribution in [3.8, 4) is 23.0 Å². The first-order chi connectivity index (χ1) is 26.3. The van der Waals surface area contributed by atoms with Crippen molar-refractivity contribution >= 4 is 35.6 Å². The maximum absolute atomic E-state index is 13.9. The largest absolute Gasteiger partial charge is 0.493 e. The maximum Gasteiger partial charge on any atom is 0.256 e. The number of carbonyl (C=O) groups excluding carboxylic acids is 2. The van der Waals surface area contributed by atoms with Gasteiger partial charge in [0.25, 0.3) is 11.8 Å². The van der Waals surface area contributed by atoms with Crippen LogP contribution in [0.4, 0.5) is 20.2 Å². The van der Waals surface area contributed by atoms with Gasteiger partial charge in [0.05, 0.1) is 75.1 Å². The summed E-state index contributed by atoms with van der Waals surface area (Å²) in [5.74, 6) is 1.65.